The van der Waals surface area contributed by atoms with Crippen LogP contribution in [0.1, 0.15) is 10.5 Å². The van der Waals surface area contributed by atoms with Crippen molar-refractivity contribution in [1.82, 2.24) is 9.78 Å². The Bertz CT molecular complexity index is 1130. The van der Waals surface area contributed by atoms with Crippen molar-refractivity contribution in [2.75, 3.05) is 12.4 Å². The number of benzene rings is 2. The number of nitro benzene ring substituents is 1. The van der Waals surface area contributed by atoms with E-state index in [4.69, 9.17) is 4.74 Å². The van der Waals surface area contributed by atoms with Crippen molar-refractivity contribution >= 4 is 17.3 Å². The molecule has 28 heavy (non-hydrogen) atoms. The van der Waals surface area contributed by atoms with Gasteiger partial charge in [0.1, 0.15) is 17.1 Å². The number of anilines is 1. The zero-order valence-corrected chi connectivity index (χ0v) is 14.5. The van der Waals surface area contributed by atoms with Crippen LogP contribution in [0.5, 0.6) is 11.5 Å². The number of nitrogens with one attached hydrogen (secondary N) is 1. The van der Waals surface area contributed by atoms with Crippen molar-refractivity contribution in [3.8, 4) is 17.2 Å². The molecule has 1 heterocycles. The van der Waals surface area contributed by atoms with Gasteiger partial charge >= 0.3 is 0 Å². The fourth-order valence-electron chi connectivity index (χ4n) is 2.51. The average Bonchev–Trinajstić information content (AvgIpc) is 2.68. The van der Waals surface area contributed by atoms with E-state index in [1.807, 2.05) is 0 Å². The summed E-state index contributed by atoms with van der Waals surface area (Å²) in [6.07, 6.45) is 0. The van der Waals surface area contributed by atoms with Crippen LogP contribution < -0.4 is 15.6 Å². The maximum atomic E-state index is 12.6. The SMILES string of the molecule is COc1ccccc1-n1nc(C(=O)Nc2ccccc2[N+](=O)[O-])c(O)cc1=O. The van der Waals surface area contributed by atoms with Crippen LogP contribution in [0.15, 0.2) is 59.4 Å². The first kappa shape index (κ1) is 18.6. The predicted octanol–water partition coefficient (Wildman–Crippen LogP) is 2.11. The zero-order chi connectivity index (χ0) is 20.3. The second-order valence-corrected chi connectivity index (χ2v) is 5.53. The molecule has 0 saturated carbocycles. The molecule has 2 N–H and O–H groups in total. The molecule has 0 aliphatic carbocycles. The molecule has 0 bridgehead atoms. The maximum Gasteiger partial charge on any atom is 0.292 e. The van der Waals surface area contributed by atoms with E-state index in [0.717, 1.165) is 10.7 Å². The van der Waals surface area contributed by atoms with Crippen LogP contribution in [0.3, 0.4) is 0 Å². The van der Waals surface area contributed by atoms with Crippen LogP contribution in [0.2, 0.25) is 0 Å². The smallest absolute Gasteiger partial charge is 0.292 e. The first-order chi connectivity index (χ1) is 13.4. The van der Waals surface area contributed by atoms with Crippen molar-refractivity contribution in [3.05, 3.63) is 80.8 Å². The van der Waals surface area contributed by atoms with E-state index in [-0.39, 0.29) is 17.1 Å². The zero-order valence-electron chi connectivity index (χ0n) is 14.5. The van der Waals surface area contributed by atoms with Crippen LogP contribution in [-0.4, -0.2) is 32.8 Å². The Kier molecular flexibility index (Phi) is 5.03. The Morgan fingerprint density at radius 1 is 1.21 bits per heavy atom. The number of hydrogen-bond acceptors (Lipinski definition) is 7. The molecule has 3 rings (SSSR count). The van der Waals surface area contributed by atoms with Crippen molar-refractivity contribution in [2.45, 2.75) is 0 Å². The molecule has 10 heteroatoms. The van der Waals surface area contributed by atoms with Crippen LogP contribution >= 0.6 is 0 Å². The molecule has 0 aliphatic heterocycles. The average molecular weight is 382 g/mol. The molecule has 2 aromatic carbocycles. The minimum Gasteiger partial charge on any atom is -0.505 e. The molecular formula is C18H14N4O6. The lowest BCUT2D eigenvalue weighted by molar-refractivity contribution is -0.383. The maximum absolute atomic E-state index is 12.6. The Hall–Kier alpha value is -4.21. The van der Waals surface area contributed by atoms with Gasteiger partial charge in [0.05, 0.1) is 12.0 Å². The molecule has 0 spiro atoms. The van der Waals surface area contributed by atoms with E-state index >= 15 is 0 Å². The number of para-hydroxylation sites is 4. The summed E-state index contributed by atoms with van der Waals surface area (Å²) < 4.78 is 6.08. The van der Waals surface area contributed by atoms with Gasteiger partial charge in [-0.2, -0.15) is 9.78 Å². The van der Waals surface area contributed by atoms with Crippen molar-refractivity contribution in [3.63, 3.8) is 0 Å². The highest BCUT2D eigenvalue weighted by Crippen LogP contribution is 2.25. The van der Waals surface area contributed by atoms with E-state index in [0.29, 0.717) is 5.75 Å². The quantitative estimate of drug-likeness (QED) is 0.509. The van der Waals surface area contributed by atoms with Gasteiger partial charge in [0.2, 0.25) is 0 Å². The first-order valence-corrected chi connectivity index (χ1v) is 7.94. The summed E-state index contributed by atoms with van der Waals surface area (Å²) in [5, 5.41) is 27.3. The molecular weight excluding hydrogens is 368 g/mol. The highest BCUT2D eigenvalue weighted by molar-refractivity contribution is 6.05. The minimum absolute atomic E-state index is 0.0752. The topological polar surface area (TPSA) is 137 Å². The van der Waals surface area contributed by atoms with Crippen LogP contribution in [-0.2, 0) is 0 Å². The molecule has 0 saturated heterocycles. The molecule has 142 valence electrons. The molecule has 0 radical (unpaired) electrons. The molecule has 0 fully saturated rings. The number of aromatic nitrogens is 2. The molecule has 0 aliphatic rings. The lowest BCUT2D eigenvalue weighted by atomic mass is 10.2. The van der Waals surface area contributed by atoms with Crippen LogP contribution in [0, 0.1) is 10.1 Å². The van der Waals surface area contributed by atoms with Gasteiger partial charge in [-0.3, -0.25) is 19.7 Å². The number of rotatable bonds is 5. The van der Waals surface area contributed by atoms with Gasteiger partial charge in [-0.1, -0.05) is 24.3 Å². The van der Waals surface area contributed by atoms with Crippen molar-refractivity contribution in [1.29, 1.82) is 0 Å². The Labute approximate surface area is 157 Å². The van der Waals surface area contributed by atoms with Gasteiger partial charge in [-0.15, -0.1) is 0 Å². The third kappa shape index (κ3) is 3.51. The third-order valence-corrected chi connectivity index (χ3v) is 3.79. The van der Waals surface area contributed by atoms with Crippen LogP contribution in [0.25, 0.3) is 5.69 Å². The summed E-state index contributed by atoms with van der Waals surface area (Å²) in [6, 6.07) is 12.8. The minimum atomic E-state index is -0.921. The van der Waals surface area contributed by atoms with Gasteiger partial charge in [-0.05, 0) is 18.2 Å². The van der Waals surface area contributed by atoms with E-state index < -0.39 is 27.8 Å². The number of methoxy groups -OCH3 is 1. The normalized spacial score (nSPS) is 10.3. The van der Waals surface area contributed by atoms with Gasteiger partial charge in [0.15, 0.2) is 11.4 Å². The molecule has 0 atom stereocenters. The monoisotopic (exact) mass is 382 g/mol. The Morgan fingerprint density at radius 2 is 1.89 bits per heavy atom. The number of amides is 1. The van der Waals surface area contributed by atoms with Crippen LogP contribution in [0.4, 0.5) is 11.4 Å². The number of ether oxygens (including phenoxy) is 1. The first-order valence-electron chi connectivity index (χ1n) is 7.94. The summed E-state index contributed by atoms with van der Waals surface area (Å²) in [4.78, 5) is 35.2. The van der Waals surface area contributed by atoms with E-state index in [2.05, 4.69) is 10.4 Å². The number of carbonyl (C=O) groups is 1. The lowest BCUT2D eigenvalue weighted by Gasteiger charge is -2.12. The number of aromatic hydroxyl groups is 1. The van der Waals surface area contributed by atoms with E-state index in [1.165, 1.54) is 31.4 Å². The van der Waals surface area contributed by atoms with Gasteiger partial charge < -0.3 is 15.2 Å². The highest BCUT2D eigenvalue weighted by Gasteiger charge is 2.21. The van der Waals surface area contributed by atoms with E-state index in [9.17, 15) is 24.8 Å². The highest BCUT2D eigenvalue weighted by atomic mass is 16.6. The summed E-state index contributed by atoms with van der Waals surface area (Å²) in [5.74, 6) is -1.25. The standard InChI is InChI=1S/C18H14N4O6/c1-28-15-9-5-4-8-13(15)21-16(24)10-14(23)17(20-21)18(25)19-11-6-2-3-7-12(11)22(26)27/h2-10,23H,1H3,(H,19,25). The summed E-state index contributed by atoms with van der Waals surface area (Å²) in [7, 11) is 1.41. The third-order valence-electron chi connectivity index (χ3n) is 3.79. The summed E-state index contributed by atoms with van der Waals surface area (Å²) >= 11 is 0. The van der Waals surface area contributed by atoms with E-state index in [1.54, 1.807) is 24.3 Å². The second kappa shape index (κ2) is 7.58. The van der Waals surface area contributed by atoms with Gasteiger partial charge in [-0.25, -0.2) is 0 Å². The number of nitro groups is 1. The largest absolute Gasteiger partial charge is 0.505 e. The predicted molar refractivity (Wildman–Crippen MR) is 99.1 cm³/mol. The fourth-order valence-corrected chi connectivity index (χ4v) is 2.51. The second-order valence-electron chi connectivity index (χ2n) is 5.53. The molecule has 3 aromatic rings. The van der Waals surface area contributed by atoms with Crippen molar-refractivity contribution < 1.29 is 19.6 Å². The number of hydrogen-bond donors (Lipinski definition) is 2. The lowest BCUT2D eigenvalue weighted by Crippen LogP contribution is -2.25. The fraction of sp³-hybridized carbons (Fsp3) is 0.0556. The molecule has 10 nitrogen and oxygen atoms in total. The summed E-state index contributed by atoms with van der Waals surface area (Å²) in [6.45, 7) is 0. The summed E-state index contributed by atoms with van der Waals surface area (Å²) in [5.41, 5.74) is -1.32. The molecule has 0 unspecified atom stereocenters. The number of nitrogens with zero attached hydrogens (tertiary/aromatic N) is 3. The van der Waals surface area contributed by atoms with Gasteiger partial charge in [0, 0.05) is 12.1 Å². The molecule has 1 amide bonds. The van der Waals surface area contributed by atoms with Gasteiger partial charge in [0.25, 0.3) is 17.2 Å². The molecule has 1 aromatic heterocycles. The Balaban J connectivity index is 2.05. The number of carbonyl (C=O) groups excluding carboxylic acids is 1. The Morgan fingerprint density at radius 3 is 2.61 bits per heavy atom. The van der Waals surface area contributed by atoms with Crippen molar-refractivity contribution in [2.24, 2.45) is 0 Å².